The van der Waals surface area contributed by atoms with E-state index in [4.69, 9.17) is 9.47 Å². The van der Waals surface area contributed by atoms with E-state index in [0.717, 1.165) is 37.1 Å². The number of ether oxygens (including phenoxy) is 2. The molecule has 152 valence electrons. The van der Waals surface area contributed by atoms with Gasteiger partial charge in [-0.05, 0) is 67.8 Å². The summed E-state index contributed by atoms with van der Waals surface area (Å²) >= 11 is 0. The maximum Gasteiger partial charge on any atom is 0.413 e. The zero-order valence-electron chi connectivity index (χ0n) is 16.2. The van der Waals surface area contributed by atoms with Crippen molar-refractivity contribution >= 4 is 11.9 Å². The van der Waals surface area contributed by atoms with Crippen molar-refractivity contribution < 1.29 is 19.4 Å². The van der Waals surface area contributed by atoms with Gasteiger partial charge in [-0.25, -0.2) is 9.78 Å². The van der Waals surface area contributed by atoms with E-state index in [-0.39, 0.29) is 12.4 Å². The van der Waals surface area contributed by atoms with Crippen LogP contribution in [0.25, 0.3) is 11.3 Å². The fourth-order valence-corrected chi connectivity index (χ4v) is 4.12. The van der Waals surface area contributed by atoms with Crippen LogP contribution in [0.2, 0.25) is 0 Å². The molecule has 3 heterocycles. The number of cyclic esters (lactones) is 1. The van der Waals surface area contributed by atoms with Crippen molar-refractivity contribution in [2.75, 3.05) is 25.0 Å². The van der Waals surface area contributed by atoms with Crippen molar-refractivity contribution in [3.63, 3.8) is 0 Å². The minimum absolute atomic E-state index is 0.122. The summed E-state index contributed by atoms with van der Waals surface area (Å²) in [6, 6.07) is 7.31. The number of carbonyl (C=O) groups excluding carboxylic acids is 1. The van der Waals surface area contributed by atoms with Gasteiger partial charge in [0.1, 0.15) is 23.9 Å². The average molecular weight is 395 g/mol. The van der Waals surface area contributed by atoms with Gasteiger partial charge >= 0.3 is 6.09 Å². The molecule has 3 aliphatic rings. The zero-order chi connectivity index (χ0) is 19.8. The van der Waals surface area contributed by atoms with Gasteiger partial charge in [0.2, 0.25) is 0 Å². The highest BCUT2D eigenvalue weighted by Crippen LogP contribution is 2.42. The number of piperidine rings is 1. The minimum atomic E-state index is -0.502. The van der Waals surface area contributed by atoms with Gasteiger partial charge in [-0.1, -0.05) is 6.07 Å². The molecule has 7 nitrogen and oxygen atoms in total. The quantitative estimate of drug-likeness (QED) is 0.714. The molecule has 3 N–H and O–H groups in total. The second kappa shape index (κ2) is 7.55. The maximum atomic E-state index is 11.8. The lowest BCUT2D eigenvalue weighted by molar-refractivity contribution is 0.150. The summed E-state index contributed by atoms with van der Waals surface area (Å²) in [4.78, 5) is 16.5. The van der Waals surface area contributed by atoms with Crippen molar-refractivity contribution in [1.82, 2.24) is 10.3 Å². The molecule has 1 saturated heterocycles. The van der Waals surface area contributed by atoms with E-state index < -0.39 is 6.09 Å². The topological polar surface area (TPSA) is 92.7 Å². The van der Waals surface area contributed by atoms with Crippen LogP contribution in [0.1, 0.15) is 42.7 Å². The second-order valence-electron chi connectivity index (χ2n) is 8.07. The van der Waals surface area contributed by atoms with E-state index in [0.29, 0.717) is 41.3 Å². The molecule has 1 aromatic carbocycles. The maximum absolute atomic E-state index is 11.8. The summed E-state index contributed by atoms with van der Waals surface area (Å²) in [5.74, 6) is 2.16. The molecule has 2 fully saturated rings. The number of amides is 1. The monoisotopic (exact) mass is 395 g/mol. The summed E-state index contributed by atoms with van der Waals surface area (Å²) in [6.45, 7) is 2.75. The van der Waals surface area contributed by atoms with Gasteiger partial charge < -0.3 is 19.9 Å². The van der Waals surface area contributed by atoms with E-state index in [2.05, 4.69) is 15.6 Å². The van der Waals surface area contributed by atoms with E-state index >= 15 is 0 Å². The van der Waals surface area contributed by atoms with Crippen LogP contribution in [-0.4, -0.2) is 35.9 Å². The molecule has 1 aromatic heterocycles. The number of hydrogen-bond acceptors (Lipinski definition) is 6. The van der Waals surface area contributed by atoms with E-state index in [1.165, 1.54) is 12.8 Å². The number of hydrogen-bond donors (Lipinski definition) is 3. The van der Waals surface area contributed by atoms with Gasteiger partial charge in [0.15, 0.2) is 0 Å². The van der Waals surface area contributed by atoms with Crippen molar-refractivity contribution in [1.29, 1.82) is 0 Å². The molecule has 0 unspecified atom stereocenters. The molecule has 1 aliphatic carbocycles. The highest BCUT2D eigenvalue weighted by Gasteiger charge is 2.28. The average Bonchev–Trinajstić information content (AvgIpc) is 3.56. The summed E-state index contributed by atoms with van der Waals surface area (Å²) in [5.41, 5.74) is 3.20. The molecule has 5 rings (SSSR count). The number of benzene rings is 1. The highest BCUT2D eigenvalue weighted by molar-refractivity contribution is 5.88. The van der Waals surface area contributed by atoms with Crippen LogP contribution < -0.4 is 15.4 Å². The normalized spacial score (nSPS) is 21.1. The number of phenolic OH excluding ortho intramolecular Hbond substituents is 1. The Hall–Kier alpha value is -2.80. The molecular weight excluding hydrogens is 370 g/mol. The lowest BCUT2D eigenvalue weighted by atomic mass is 9.87. The molecule has 0 radical (unpaired) electrons. The number of aromatic hydroxyl groups is 1. The van der Waals surface area contributed by atoms with Crippen LogP contribution in [0.3, 0.4) is 0 Å². The number of pyridine rings is 1. The Labute approximate surface area is 169 Å². The van der Waals surface area contributed by atoms with E-state index in [1.54, 1.807) is 12.1 Å². The Balaban J connectivity index is 1.59. The van der Waals surface area contributed by atoms with Crippen LogP contribution >= 0.6 is 0 Å². The fourth-order valence-electron chi connectivity index (χ4n) is 4.12. The lowest BCUT2D eigenvalue weighted by Gasteiger charge is -2.28. The lowest BCUT2D eigenvalue weighted by Crippen LogP contribution is -2.30. The highest BCUT2D eigenvalue weighted by atomic mass is 16.5. The van der Waals surface area contributed by atoms with Gasteiger partial charge in [-0.2, -0.15) is 0 Å². The van der Waals surface area contributed by atoms with Crippen molar-refractivity contribution in [3.8, 4) is 22.8 Å². The van der Waals surface area contributed by atoms with E-state index in [1.807, 2.05) is 12.1 Å². The van der Waals surface area contributed by atoms with Gasteiger partial charge in [-0.15, -0.1) is 0 Å². The number of rotatable bonds is 5. The first-order chi connectivity index (χ1) is 14.2. The smallest absolute Gasteiger partial charge is 0.413 e. The number of nitrogens with one attached hydrogen (secondary N) is 2. The predicted molar refractivity (Wildman–Crippen MR) is 108 cm³/mol. The minimum Gasteiger partial charge on any atom is -0.507 e. The molecule has 0 spiro atoms. The van der Waals surface area contributed by atoms with E-state index in [9.17, 15) is 9.90 Å². The zero-order valence-corrected chi connectivity index (χ0v) is 16.2. The number of carbonyl (C=O) groups is 1. The summed E-state index contributed by atoms with van der Waals surface area (Å²) in [6.07, 6.45) is 4.03. The molecule has 0 bridgehead atoms. The molecule has 2 aromatic rings. The van der Waals surface area contributed by atoms with Crippen molar-refractivity contribution in [2.45, 2.75) is 38.2 Å². The second-order valence-corrected chi connectivity index (χ2v) is 8.07. The van der Waals surface area contributed by atoms with Crippen LogP contribution in [-0.2, 0) is 11.3 Å². The standard InChI is InChI=1S/C22H25N3O4/c26-18-4-1-5-19(28-11-13-6-7-13)20(18)17-9-15(14-3-2-8-23-10-14)16-12-29-22(27)25-21(16)24-17/h1,4-5,9,13-14,23,26H,2-3,6-8,10-12H2,(H,24,25,27)/t14-/m0/s1. The first-order valence-corrected chi connectivity index (χ1v) is 10.3. The summed E-state index contributed by atoms with van der Waals surface area (Å²) in [5, 5.41) is 16.8. The Morgan fingerprint density at radius 3 is 2.97 bits per heavy atom. The van der Waals surface area contributed by atoms with Crippen molar-refractivity contribution in [3.05, 3.63) is 35.4 Å². The SMILES string of the molecule is O=C1Nc2nc(-c3c(O)cccc3OCC3CC3)cc([C@H]3CCCNC3)c2CO1. The van der Waals surface area contributed by atoms with Gasteiger partial charge in [0.05, 0.1) is 17.9 Å². The summed E-state index contributed by atoms with van der Waals surface area (Å²) in [7, 11) is 0. The Morgan fingerprint density at radius 2 is 2.17 bits per heavy atom. The third-order valence-corrected chi connectivity index (χ3v) is 5.90. The fraction of sp³-hybridized carbons (Fsp3) is 0.455. The molecular formula is C22H25N3O4. The number of anilines is 1. The number of phenols is 1. The summed E-state index contributed by atoms with van der Waals surface area (Å²) < 4.78 is 11.2. The first kappa shape index (κ1) is 18.2. The Bertz CT molecular complexity index is 936. The van der Waals surface area contributed by atoms with Crippen LogP contribution in [0.15, 0.2) is 24.3 Å². The van der Waals surface area contributed by atoms with Crippen molar-refractivity contribution in [2.24, 2.45) is 5.92 Å². The number of nitrogens with zero attached hydrogens (tertiary/aromatic N) is 1. The van der Waals surface area contributed by atoms with Crippen LogP contribution in [0.5, 0.6) is 11.5 Å². The molecule has 1 saturated carbocycles. The largest absolute Gasteiger partial charge is 0.507 e. The van der Waals surface area contributed by atoms with Crippen LogP contribution in [0.4, 0.5) is 10.6 Å². The van der Waals surface area contributed by atoms with Crippen LogP contribution in [0, 0.1) is 5.92 Å². The van der Waals surface area contributed by atoms with Gasteiger partial charge in [0.25, 0.3) is 0 Å². The van der Waals surface area contributed by atoms with Gasteiger partial charge in [0, 0.05) is 12.1 Å². The molecule has 29 heavy (non-hydrogen) atoms. The number of fused-ring (bicyclic) bond motifs is 1. The Kier molecular flexibility index (Phi) is 4.75. The molecule has 1 amide bonds. The molecule has 1 atom stereocenters. The third-order valence-electron chi connectivity index (χ3n) is 5.90. The Morgan fingerprint density at radius 1 is 1.28 bits per heavy atom. The predicted octanol–water partition coefficient (Wildman–Crippen LogP) is 3.77. The molecule has 2 aliphatic heterocycles. The van der Waals surface area contributed by atoms with Gasteiger partial charge in [-0.3, -0.25) is 5.32 Å². The molecule has 7 heteroatoms. The number of aromatic nitrogens is 1. The third kappa shape index (κ3) is 3.74. The first-order valence-electron chi connectivity index (χ1n) is 10.3.